The number of anilines is 2. The van der Waals surface area contributed by atoms with Crippen LogP contribution in [-0.2, 0) is 0 Å². The number of carbonyl (C=O) groups excluding carboxylic acids is 1. The Kier molecular flexibility index (Phi) is 6.23. The first-order valence-corrected chi connectivity index (χ1v) is 11.7. The lowest BCUT2D eigenvalue weighted by atomic mass is 10.1. The van der Waals surface area contributed by atoms with Gasteiger partial charge in [-0.2, -0.15) is 10.4 Å². The number of aliphatic hydroxyl groups excluding tert-OH is 1. The minimum absolute atomic E-state index is 0.0189. The number of carbonyl (C=O) groups is 1. The van der Waals surface area contributed by atoms with Gasteiger partial charge in [0.05, 0.1) is 36.5 Å². The molecule has 0 bridgehead atoms. The number of amides is 1. The first-order chi connectivity index (χ1) is 16.6. The average Bonchev–Trinajstić information content (AvgIpc) is 3.59. The summed E-state index contributed by atoms with van der Waals surface area (Å²) in [4.78, 5) is 23.4. The molecule has 1 amide bonds. The molecule has 3 heterocycles. The number of hydrogen-bond acceptors (Lipinski definition) is 7. The third kappa shape index (κ3) is 4.92. The van der Waals surface area contributed by atoms with Crippen LogP contribution in [0.2, 0.25) is 0 Å². The second kappa shape index (κ2) is 9.61. The molecular formula is C25H27N7O2. The Labute approximate surface area is 198 Å². The zero-order chi connectivity index (χ0) is 23.5. The highest BCUT2D eigenvalue weighted by molar-refractivity contribution is 5.94. The summed E-state index contributed by atoms with van der Waals surface area (Å²) in [5, 5.41) is 26.5. The third-order valence-corrected chi connectivity index (χ3v) is 6.50. The van der Waals surface area contributed by atoms with E-state index in [0.29, 0.717) is 49.8 Å². The van der Waals surface area contributed by atoms with Crippen molar-refractivity contribution in [2.24, 2.45) is 5.92 Å². The van der Waals surface area contributed by atoms with Crippen LogP contribution in [0.25, 0.3) is 11.3 Å². The van der Waals surface area contributed by atoms with Gasteiger partial charge in [0.15, 0.2) is 0 Å². The fraction of sp³-hybridized carbons (Fsp3) is 0.400. The SMILES string of the molecule is N#CCC(C1CC1)n1cc(-c2ccnc(Nc3ccc(C(=O)N4CCC(O)CC4)cc3)n2)cn1. The van der Waals surface area contributed by atoms with E-state index in [1.807, 2.05) is 29.1 Å². The number of hydrogen-bond donors (Lipinski definition) is 2. The fourth-order valence-electron chi connectivity index (χ4n) is 4.36. The first kappa shape index (κ1) is 22.0. The standard InChI is InChI=1S/C25H27N7O2/c26-11-7-23(17-1-2-17)32-16-19(15-28-32)22-8-12-27-25(30-22)29-20-5-3-18(4-6-20)24(34)31-13-9-21(33)10-14-31/h3-6,8,12,15-17,21,23,33H,1-2,7,9-10,13-14H2,(H,27,29,30). The molecule has 1 unspecified atom stereocenters. The summed E-state index contributed by atoms with van der Waals surface area (Å²) in [5.41, 5.74) is 3.02. The van der Waals surface area contributed by atoms with Gasteiger partial charge in [-0.3, -0.25) is 9.48 Å². The van der Waals surface area contributed by atoms with Gasteiger partial charge in [0.1, 0.15) is 0 Å². The predicted octanol–water partition coefficient (Wildman–Crippen LogP) is 3.55. The van der Waals surface area contributed by atoms with Crippen LogP contribution in [0.4, 0.5) is 11.6 Å². The molecule has 2 fully saturated rings. The maximum atomic E-state index is 12.7. The molecule has 1 aliphatic carbocycles. The maximum Gasteiger partial charge on any atom is 0.253 e. The van der Waals surface area contributed by atoms with Crippen LogP contribution in [0.3, 0.4) is 0 Å². The highest BCUT2D eigenvalue weighted by Gasteiger charge is 2.33. The van der Waals surface area contributed by atoms with Gasteiger partial charge in [-0.1, -0.05) is 0 Å². The zero-order valence-corrected chi connectivity index (χ0v) is 18.8. The number of aromatic nitrogens is 4. The zero-order valence-electron chi connectivity index (χ0n) is 18.8. The smallest absolute Gasteiger partial charge is 0.253 e. The van der Waals surface area contributed by atoms with Gasteiger partial charge >= 0.3 is 0 Å². The largest absolute Gasteiger partial charge is 0.393 e. The molecule has 0 radical (unpaired) electrons. The van der Waals surface area contributed by atoms with E-state index in [9.17, 15) is 9.90 Å². The maximum absolute atomic E-state index is 12.7. The summed E-state index contributed by atoms with van der Waals surface area (Å²) < 4.78 is 1.89. The van der Waals surface area contributed by atoms with Crippen molar-refractivity contribution in [2.75, 3.05) is 18.4 Å². The van der Waals surface area contributed by atoms with E-state index >= 15 is 0 Å². The predicted molar refractivity (Wildman–Crippen MR) is 126 cm³/mol. The van der Waals surface area contributed by atoms with Gasteiger partial charge < -0.3 is 15.3 Å². The minimum Gasteiger partial charge on any atom is -0.393 e. The summed E-state index contributed by atoms with van der Waals surface area (Å²) >= 11 is 0. The third-order valence-electron chi connectivity index (χ3n) is 6.50. The summed E-state index contributed by atoms with van der Waals surface area (Å²) in [6.45, 7) is 1.16. The summed E-state index contributed by atoms with van der Waals surface area (Å²) in [5.74, 6) is 0.964. The molecule has 2 aromatic heterocycles. The van der Waals surface area contributed by atoms with Gasteiger partial charge in [0.25, 0.3) is 5.91 Å². The van der Waals surface area contributed by atoms with E-state index in [4.69, 9.17) is 5.26 Å². The molecule has 1 atom stereocenters. The number of rotatable bonds is 7. The molecule has 9 nitrogen and oxygen atoms in total. The fourth-order valence-corrected chi connectivity index (χ4v) is 4.36. The van der Waals surface area contributed by atoms with Gasteiger partial charge in [-0.15, -0.1) is 0 Å². The topological polar surface area (TPSA) is 120 Å². The molecule has 1 aliphatic heterocycles. The van der Waals surface area contributed by atoms with Crippen molar-refractivity contribution in [1.29, 1.82) is 5.26 Å². The molecule has 0 spiro atoms. The van der Waals surface area contributed by atoms with Crippen LogP contribution in [0.15, 0.2) is 48.9 Å². The van der Waals surface area contributed by atoms with E-state index in [1.165, 1.54) is 0 Å². The van der Waals surface area contributed by atoms with Crippen LogP contribution >= 0.6 is 0 Å². The Morgan fingerprint density at radius 1 is 1.18 bits per heavy atom. The molecule has 2 aliphatic rings. The van der Waals surface area contributed by atoms with Crippen LogP contribution in [0.1, 0.15) is 48.5 Å². The number of benzene rings is 1. The van der Waals surface area contributed by atoms with E-state index in [2.05, 4.69) is 26.5 Å². The van der Waals surface area contributed by atoms with Crippen molar-refractivity contribution in [2.45, 2.75) is 44.2 Å². The quantitative estimate of drug-likeness (QED) is 0.557. The Morgan fingerprint density at radius 3 is 2.65 bits per heavy atom. The van der Waals surface area contributed by atoms with Crippen LogP contribution in [0.5, 0.6) is 0 Å². The number of aliphatic hydroxyl groups is 1. The normalized spacial score (nSPS) is 17.2. The van der Waals surface area contributed by atoms with Crippen LogP contribution < -0.4 is 5.32 Å². The van der Waals surface area contributed by atoms with Crippen molar-refractivity contribution >= 4 is 17.5 Å². The molecule has 34 heavy (non-hydrogen) atoms. The van der Waals surface area contributed by atoms with Crippen molar-refractivity contribution in [3.8, 4) is 17.3 Å². The summed E-state index contributed by atoms with van der Waals surface area (Å²) in [6, 6.07) is 11.5. The van der Waals surface area contributed by atoms with Gasteiger partial charge in [-0.25, -0.2) is 9.97 Å². The Balaban J connectivity index is 1.26. The van der Waals surface area contributed by atoms with Crippen molar-refractivity contribution in [3.05, 3.63) is 54.5 Å². The molecule has 1 saturated heterocycles. The molecule has 2 N–H and O–H groups in total. The Morgan fingerprint density at radius 2 is 1.94 bits per heavy atom. The lowest BCUT2D eigenvalue weighted by Crippen LogP contribution is -2.40. The second-order valence-electron chi connectivity index (χ2n) is 8.97. The number of nitrogens with one attached hydrogen (secondary N) is 1. The van der Waals surface area contributed by atoms with Gasteiger partial charge in [0.2, 0.25) is 5.95 Å². The lowest BCUT2D eigenvalue weighted by molar-refractivity contribution is 0.0546. The highest BCUT2D eigenvalue weighted by atomic mass is 16.3. The summed E-state index contributed by atoms with van der Waals surface area (Å²) in [7, 11) is 0. The van der Waals surface area contributed by atoms with E-state index in [1.54, 1.807) is 29.4 Å². The molecule has 1 saturated carbocycles. The van der Waals surface area contributed by atoms with Crippen molar-refractivity contribution in [3.63, 3.8) is 0 Å². The van der Waals surface area contributed by atoms with Crippen molar-refractivity contribution in [1.82, 2.24) is 24.6 Å². The number of piperidine rings is 1. The number of nitriles is 1. The molecule has 9 heteroatoms. The van der Waals surface area contributed by atoms with E-state index < -0.39 is 0 Å². The molecule has 1 aromatic carbocycles. The minimum atomic E-state index is -0.307. The molecule has 3 aromatic rings. The van der Waals surface area contributed by atoms with Gasteiger partial charge in [-0.05, 0) is 61.9 Å². The monoisotopic (exact) mass is 457 g/mol. The van der Waals surface area contributed by atoms with Crippen molar-refractivity contribution < 1.29 is 9.90 Å². The van der Waals surface area contributed by atoms with Gasteiger partial charge in [0, 0.05) is 42.3 Å². The molecule has 174 valence electrons. The lowest BCUT2D eigenvalue weighted by Gasteiger charge is -2.29. The van der Waals surface area contributed by atoms with E-state index in [0.717, 1.165) is 29.8 Å². The second-order valence-corrected chi connectivity index (χ2v) is 8.97. The number of likely N-dealkylation sites (tertiary alicyclic amines) is 1. The Bertz CT molecular complexity index is 1190. The highest BCUT2D eigenvalue weighted by Crippen LogP contribution is 2.41. The first-order valence-electron chi connectivity index (χ1n) is 11.7. The molecular weight excluding hydrogens is 430 g/mol. The van der Waals surface area contributed by atoms with E-state index in [-0.39, 0.29) is 18.1 Å². The summed E-state index contributed by atoms with van der Waals surface area (Å²) in [6.07, 6.45) is 9.11. The van der Waals surface area contributed by atoms with Crippen LogP contribution in [0, 0.1) is 17.2 Å². The number of nitrogens with zero attached hydrogens (tertiary/aromatic N) is 6. The molecule has 5 rings (SSSR count). The van der Waals surface area contributed by atoms with Crippen LogP contribution in [-0.4, -0.2) is 54.9 Å². The Hall–Kier alpha value is -3.77. The average molecular weight is 458 g/mol.